The fraction of sp³-hybridized carbons (Fsp3) is 0.500. The lowest BCUT2D eigenvalue weighted by Gasteiger charge is -2.36. The average molecular weight is 361 g/mol. The normalized spacial score (nSPS) is 14.0. The van der Waals surface area contributed by atoms with Crippen LogP contribution in [-0.4, -0.2) is 91.9 Å². The Balaban J connectivity index is 2.02. The van der Waals surface area contributed by atoms with Crippen molar-refractivity contribution in [3.63, 3.8) is 0 Å². The molecular weight excluding hydrogens is 334 g/mol. The number of carbonyl (C=O) groups is 3. The first-order chi connectivity index (χ1) is 12.2. The van der Waals surface area contributed by atoms with Gasteiger partial charge in [-0.05, 0) is 24.6 Å². The van der Waals surface area contributed by atoms with Gasteiger partial charge in [0.2, 0.25) is 0 Å². The topological polar surface area (TPSA) is 76.2 Å². The molecule has 0 spiro atoms. The summed E-state index contributed by atoms with van der Waals surface area (Å²) in [5.41, 5.74) is 1.92. The number of urea groups is 2. The summed E-state index contributed by atoms with van der Waals surface area (Å²) in [5.74, 6) is -0.102. The molecule has 0 radical (unpaired) electrons. The van der Waals surface area contributed by atoms with Crippen molar-refractivity contribution in [2.24, 2.45) is 0 Å². The molecule has 1 aromatic rings. The number of amides is 5. The fourth-order valence-corrected chi connectivity index (χ4v) is 2.82. The molecule has 0 aliphatic carbocycles. The van der Waals surface area contributed by atoms with E-state index in [2.05, 4.69) is 5.32 Å². The predicted molar refractivity (Wildman–Crippen MR) is 100 cm³/mol. The quantitative estimate of drug-likeness (QED) is 0.868. The highest BCUT2D eigenvalue weighted by atomic mass is 16.2. The molecule has 142 valence electrons. The van der Waals surface area contributed by atoms with Gasteiger partial charge in [-0.3, -0.25) is 4.79 Å². The van der Waals surface area contributed by atoms with Crippen LogP contribution in [0, 0.1) is 6.92 Å². The van der Waals surface area contributed by atoms with Gasteiger partial charge >= 0.3 is 12.1 Å². The van der Waals surface area contributed by atoms with E-state index in [4.69, 9.17) is 0 Å². The van der Waals surface area contributed by atoms with Crippen LogP contribution >= 0.6 is 0 Å². The van der Waals surface area contributed by atoms with Crippen molar-refractivity contribution in [3.05, 3.63) is 29.3 Å². The van der Waals surface area contributed by atoms with Gasteiger partial charge in [0, 0.05) is 65.6 Å². The standard InChI is InChI=1S/C18H27N5O3/c1-13-14(16(24)20(2)3)7-6-8-15(13)19-17(25)22-9-11-23(12-10-22)18(26)21(4)5/h6-8H,9-12H2,1-5H3,(H,19,25). The molecule has 1 fully saturated rings. The monoisotopic (exact) mass is 361 g/mol. The molecule has 0 unspecified atom stereocenters. The highest BCUT2D eigenvalue weighted by Gasteiger charge is 2.25. The second kappa shape index (κ2) is 8.07. The third-order valence-corrected chi connectivity index (χ3v) is 4.43. The Morgan fingerprint density at radius 2 is 1.50 bits per heavy atom. The molecule has 8 heteroatoms. The molecule has 0 bridgehead atoms. The van der Waals surface area contributed by atoms with Crippen molar-refractivity contribution < 1.29 is 14.4 Å². The predicted octanol–water partition coefficient (Wildman–Crippen LogP) is 1.53. The molecule has 1 aromatic carbocycles. The Bertz CT molecular complexity index is 694. The highest BCUT2D eigenvalue weighted by Crippen LogP contribution is 2.20. The molecule has 26 heavy (non-hydrogen) atoms. The van der Waals surface area contributed by atoms with Crippen molar-refractivity contribution in [2.45, 2.75) is 6.92 Å². The summed E-state index contributed by atoms with van der Waals surface area (Å²) in [6.07, 6.45) is 0. The Kier molecular flexibility index (Phi) is 6.07. The molecule has 1 heterocycles. The van der Waals surface area contributed by atoms with Gasteiger partial charge in [-0.2, -0.15) is 0 Å². The zero-order valence-electron chi connectivity index (χ0n) is 16.1. The van der Waals surface area contributed by atoms with Crippen LogP contribution in [0.3, 0.4) is 0 Å². The zero-order valence-corrected chi connectivity index (χ0v) is 16.1. The van der Waals surface area contributed by atoms with Gasteiger partial charge in [0.15, 0.2) is 0 Å². The Hall–Kier alpha value is -2.77. The minimum Gasteiger partial charge on any atom is -0.345 e. The van der Waals surface area contributed by atoms with E-state index in [0.29, 0.717) is 37.4 Å². The second-order valence-corrected chi connectivity index (χ2v) is 6.76. The number of hydrogen-bond acceptors (Lipinski definition) is 3. The molecule has 0 atom stereocenters. The lowest BCUT2D eigenvalue weighted by Crippen LogP contribution is -2.53. The van der Waals surface area contributed by atoms with Crippen molar-refractivity contribution in [2.75, 3.05) is 59.7 Å². The summed E-state index contributed by atoms with van der Waals surface area (Å²) in [6, 6.07) is 5.02. The molecule has 1 aliphatic rings. The first-order valence-corrected chi connectivity index (χ1v) is 8.55. The van der Waals surface area contributed by atoms with Crippen LogP contribution in [-0.2, 0) is 0 Å². The molecule has 8 nitrogen and oxygen atoms in total. The Morgan fingerprint density at radius 1 is 0.923 bits per heavy atom. The Morgan fingerprint density at radius 3 is 2.04 bits per heavy atom. The number of rotatable bonds is 2. The number of benzene rings is 1. The Labute approximate surface area is 154 Å². The molecule has 0 saturated carbocycles. The number of nitrogens with one attached hydrogen (secondary N) is 1. The molecular formula is C18H27N5O3. The molecule has 1 aliphatic heterocycles. The van der Waals surface area contributed by atoms with Gasteiger partial charge < -0.3 is 24.9 Å². The maximum atomic E-state index is 12.6. The molecule has 1 N–H and O–H groups in total. The molecule has 5 amide bonds. The van der Waals surface area contributed by atoms with Crippen LogP contribution in [0.5, 0.6) is 0 Å². The van der Waals surface area contributed by atoms with Crippen molar-refractivity contribution >= 4 is 23.7 Å². The van der Waals surface area contributed by atoms with Gasteiger partial charge in [0.25, 0.3) is 5.91 Å². The minimum atomic E-state index is -0.223. The molecule has 1 saturated heterocycles. The van der Waals surface area contributed by atoms with Crippen LogP contribution in [0.1, 0.15) is 15.9 Å². The van der Waals surface area contributed by atoms with E-state index in [1.165, 1.54) is 9.80 Å². The van der Waals surface area contributed by atoms with Crippen LogP contribution in [0.4, 0.5) is 15.3 Å². The van der Waals surface area contributed by atoms with E-state index in [0.717, 1.165) is 5.56 Å². The molecule has 2 rings (SSSR count). The average Bonchev–Trinajstić information content (AvgIpc) is 2.62. The lowest BCUT2D eigenvalue weighted by molar-refractivity contribution is 0.0827. The van der Waals surface area contributed by atoms with E-state index in [9.17, 15) is 14.4 Å². The van der Waals surface area contributed by atoms with Crippen molar-refractivity contribution in [1.29, 1.82) is 0 Å². The van der Waals surface area contributed by atoms with Crippen LogP contribution in [0.2, 0.25) is 0 Å². The van der Waals surface area contributed by atoms with E-state index >= 15 is 0 Å². The van der Waals surface area contributed by atoms with Gasteiger partial charge in [0.1, 0.15) is 0 Å². The third kappa shape index (κ3) is 4.25. The van der Waals surface area contributed by atoms with Gasteiger partial charge in [-0.15, -0.1) is 0 Å². The van der Waals surface area contributed by atoms with E-state index in [1.54, 1.807) is 56.2 Å². The van der Waals surface area contributed by atoms with Crippen LogP contribution in [0.15, 0.2) is 18.2 Å². The summed E-state index contributed by atoms with van der Waals surface area (Å²) in [7, 11) is 6.82. The zero-order chi connectivity index (χ0) is 19.4. The third-order valence-electron chi connectivity index (χ3n) is 4.43. The number of piperazine rings is 1. The summed E-state index contributed by atoms with van der Waals surface area (Å²) in [5, 5.41) is 2.88. The number of hydrogen-bond donors (Lipinski definition) is 1. The van der Waals surface area contributed by atoms with Crippen LogP contribution < -0.4 is 5.32 Å². The maximum absolute atomic E-state index is 12.6. The number of anilines is 1. The molecule has 0 aromatic heterocycles. The van der Waals surface area contributed by atoms with Crippen molar-refractivity contribution in [3.8, 4) is 0 Å². The smallest absolute Gasteiger partial charge is 0.321 e. The van der Waals surface area contributed by atoms with E-state index in [-0.39, 0.29) is 18.0 Å². The van der Waals surface area contributed by atoms with E-state index in [1.807, 2.05) is 6.92 Å². The maximum Gasteiger partial charge on any atom is 0.321 e. The lowest BCUT2D eigenvalue weighted by atomic mass is 10.1. The summed E-state index contributed by atoms with van der Waals surface area (Å²) in [4.78, 5) is 43.2. The summed E-state index contributed by atoms with van der Waals surface area (Å²) < 4.78 is 0. The van der Waals surface area contributed by atoms with E-state index < -0.39 is 0 Å². The highest BCUT2D eigenvalue weighted by molar-refractivity contribution is 5.98. The fourth-order valence-electron chi connectivity index (χ4n) is 2.82. The number of carbonyl (C=O) groups excluding carboxylic acids is 3. The van der Waals surface area contributed by atoms with Gasteiger partial charge in [0.05, 0.1) is 0 Å². The van der Waals surface area contributed by atoms with Crippen LogP contribution in [0.25, 0.3) is 0 Å². The van der Waals surface area contributed by atoms with Gasteiger partial charge in [-0.25, -0.2) is 9.59 Å². The SMILES string of the molecule is Cc1c(NC(=O)N2CCN(C(=O)N(C)C)CC2)cccc1C(=O)N(C)C. The first kappa shape index (κ1) is 19.6. The largest absolute Gasteiger partial charge is 0.345 e. The first-order valence-electron chi connectivity index (χ1n) is 8.55. The second-order valence-electron chi connectivity index (χ2n) is 6.76. The van der Waals surface area contributed by atoms with Crippen molar-refractivity contribution in [1.82, 2.24) is 19.6 Å². The number of nitrogens with zero attached hydrogens (tertiary/aromatic N) is 4. The summed E-state index contributed by atoms with van der Waals surface area (Å²) in [6.45, 7) is 3.77. The summed E-state index contributed by atoms with van der Waals surface area (Å²) >= 11 is 0. The van der Waals surface area contributed by atoms with Gasteiger partial charge in [-0.1, -0.05) is 6.07 Å². The minimum absolute atomic E-state index is 0.0456.